The molecule has 1 aliphatic rings. The second kappa shape index (κ2) is 9.12. The molecule has 1 saturated carbocycles. The number of nitrogens with one attached hydrogen (secondary N) is 1. The van der Waals surface area contributed by atoms with E-state index in [9.17, 15) is 5.11 Å². The van der Waals surface area contributed by atoms with E-state index < -0.39 is 0 Å². The predicted molar refractivity (Wildman–Crippen MR) is 117 cm³/mol. The van der Waals surface area contributed by atoms with Crippen molar-refractivity contribution in [1.82, 2.24) is 5.43 Å². The van der Waals surface area contributed by atoms with Gasteiger partial charge in [0.1, 0.15) is 5.75 Å². The van der Waals surface area contributed by atoms with Crippen molar-refractivity contribution in [3.8, 4) is 5.75 Å². The third-order valence-corrected chi connectivity index (χ3v) is 5.57. The van der Waals surface area contributed by atoms with E-state index in [1.54, 1.807) is 0 Å². The third-order valence-electron chi connectivity index (χ3n) is 5.57. The molecule has 2 rings (SSSR count). The fraction of sp³-hybridized carbons (Fsp3) is 0.708. The number of aromatic hydroxyl groups is 1. The van der Waals surface area contributed by atoms with Gasteiger partial charge in [-0.15, -0.1) is 0 Å². The van der Waals surface area contributed by atoms with E-state index in [1.807, 2.05) is 6.21 Å². The molecule has 0 spiro atoms. The van der Waals surface area contributed by atoms with E-state index >= 15 is 0 Å². The van der Waals surface area contributed by atoms with Gasteiger partial charge in [0.25, 0.3) is 0 Å². The van der Waals surface area contributed by atoms with Crippen LogP contribution in [0.3, 0.4) is 0 Å². The van der Waals surface area contributed by atoms with Gasteiger partial charge in [-0.2, -0.15) is 5.10 Å². The fourth-order valence-electron chi connectivity index (χ4n) is 3.85. The number of hydrogen-bond acceptors (Lipinski definition) is 3. The van der Waals surface area contributed by atoms with Gasteiger partial charge in [0.05, 0.1) is 6.21 Å². The highest BCUT2D eigenvalue weighted by atomic mass is 16.3. The lowest BCUT2D eigenvalue weighted by atomic mass is 9.78. The molecule has 0 amide bonds. The molecular formula is C24H40N2O. The van der Waals surface area contributed by atoms with Gasteiger partial charge >= 0.3 is 0 Å². The van der Waals surface area contributed by atoms with Crippen molar-refractivity contribution in [1.29, 1.82) is 0 Å². The normalized spacial score (nSPS) is 18.1. The van der Waals surface area contributed by atoms with Crippen molar-refractivity contribution in [2.75, 3.05) is 0 Å². The van der Waals surface area contributed by atoms with Crippen LogP contribution in [-0.4, -0.2) is 17.4 Å². The minimum absolute atomic E-state index is 0.112. The maximum Gasteiger partial charge on any atom is 0.123 e. The topological polar surface area (TPSA) is 44.6 Å². The lowest BCUT2D eigenvalue weighted by Crippen LogP contribution is -2.24. The monoisotopic (exact) mass is 372 g/mol. The largest absolute Gasteiger partial charge is 0.507 e. The first-order chi connectivity index (χ1) is 12.6. The summed E-state index contributed by atoms with van der Waals surface area (Å²) in [4.78, 5) is 0. The van der Waals surface area contributed by atoms with Crippen molar-refractivity contribution >= 4 is 6.21 Å². The molecule has 0 bridgehead atoms. The first-order valence-electron chi connectivity index (χ1n) is 10.8. The fourth-order valence-corrected chi connectivity index (χ4v) is 3.85. The highest BCUT2D eigenvalue weighted by Gasteiger charge is 2.26. The Labute approximate surface area is 166 Å². The standard InChI is InChI=1S/C24H40N2O/c1-23(2,3)20-15-18(16-21(22(20)27)24(4,5)6)17-25-26-19-13-11-9-7-8-10-12-14-19/h15-17,19,26-27H,7-14H2,1-6H3/b25-17+. The molecule has 3 nitrogen and oxygen atoms in total. The van der Waals surface area contributed by atoms with Crippen LogP contribution in [-0.2, 0) is 10.8 Å². The second-order valence-electron chi connectivity index (χ2n) is 10.2. The van der Waals surface area contributed by atoms with Gasteiger partial charge in [-0.3, -0.25) is 0 Å². The van der Waals surface area contributed by atoms with Gasteiger partial charge in [0.2, 0.25) is 0 Å². The van der Waals surface area contributed by atoms with Crippen molar-refractivity contribution in [2.45, 2.75) is 110 Å². The summed E-state index contributed by atoms with van der Waals surface area (Å²) in [6, 6.07) is 4.65. The van der Waals surface area contributed by atoms with Crippen molar-refractivity contribution in [2.24, 2.45) is 5.10 Å². The predicted octanol–water partition coefficient (Wildman–Crippen LogP) is 6.41. The molecular weight excluding hydrogens is 332 g/mol. The molecule has 0 heterocycles. The Morgan fingerprint density at radius 3 is 1.74 bits per heavy atom. The summed E-state index contributed by atoms with van der Waals surface area (Å²) >= 11 is 0. The third kappa shape index (κ3) is 6.55. The molecule has 3 heteroatoms. The molecule has 0 atom stereocenters. The Bertz CT molecular complexity index is 590. The molecule has 0 radical (unpaired) electrons. The average molecular weight is 373 g/mol. The number of phenolic OH excluding ortho intramolecular Hbond substituents is 1. The van der Waals surface area contributed by atoms with Crippen LogP contribution in [0.1, 0.15) is 110 Å². The van der Waals surface area contributed by atoms with Gasteiger partial charge in [-0.1, -0.05) is 80.1 Å². The van der Waals surface area contributed by atoms with E-state index in [0.717, 1.165) is 16.7 Å². The minimum Gasteiger partial charge on any atom is -0.507 e. The molecule has 1 fully saturated rings. The van der Waals surface area contributed by atoms with Gasteiger partial charge < -0.3 is 10.5 Å². The smallest absolute Gasteiger partial charge is 0.123 e. The van der Waals surface area contributed by atoms with Crippen molar-refractivity contribution in [3.63, 3.8) is 0 Å². The summed E-state index contributed by atoms with van der Waals surface area (Å²) in [5.41, 5.74) is 6.20. The van der Waals surface area contributed by atoms with E-state index in [0.29, 0.717) is 11.8 Å². The van der Waals surface area contributed by atoms with E-state index in [2.05, 4.69) is 64.2 Å². The van der Waals surface area contributed by atoms with Gasteiger partial charge in [0, 0.05) is 17.2 Å². The second-order valence-corrected chi connectivity index (χ2v) is 10.2. The van der Waals surface area contributed by atoms with Crippen LogP contribution in [0.4, 0.5) is 0 Å². The number of rotatable bonds is 3. The number of phenols is 1. The number of nitrogens with zero attached hydrogens (tertiary/aromatic N) is 1. The molecule has 0 aliphatic heterocycles. The first-order valence-corrected chi connectivity index (χ1v) is 10.8. The zero-order chi connectivity index (χ0) is 20.1. The molecule has 0 saturated heterocycles. The van der Waals surface area contributed by atoms with Gasteiger partial charge in [0.15, 0.2) is 0 Å². The highest BCUT2D eigenvalue weighted by molar-refractivity contribution is 5.81. The van der Waals surface area contributed by atoms with Crippen molar-refractivity contribution < 1.29 is 5.11 Å². The van der Waals surface area contributed by atoms with Crippen LogP contribution >= 0.6 is 0 Å². The van der Waals surface area contributed by atoms with Crippen LogP contribution in [0, 0.1) is 0 Å². The quantitative estimate of drug-likeness (QED) is 0.475. The summed E-state index contributed by atoms with van der Waals surface area (Å²) in [5, 5.41) is 15.4. The molecule has 0 unspecified atom stereocenters. The van der Waals surface area contributed by atoms with E-state index in [4.69, 9.17) is 0 Å². The maximum atomic E-state index is 10.8. The summed E-state index contributed by atoms with van der Waals surface area (Å²) < 4.78 is 0. The lowest BCUT2D eigenvalue weighted by Gasteiger charge is -2.27. The number of hydrogen-bond donors (Lipinski definition) is 2. The maximum absolute atomic E-state index is 10.8. The summed E-state index contributed by atoms with van der Waals surface area (Å²) in [6.07, 6.45) is 12.4. The van der Waals surface area contributed by atoms with E-state index in [1.165, 1.54) is 51.4 Å². The van der Waals surface area contributed by atoms with Crippen LogP contribution in [0.25, 0.3) is 0 Å². The molecule has 152 valence electrons. The minimum atomic E-state index is -0.112. The van der Waals surface area contributed by atoms with Crippen LogP contribution in [0.5, 0.6) is 5.75 Å². The molecule has 0 aromatic heterocycles. The lowest BCUT2D eigenvalue weighted by molar-refractivity contribution is 0.423. The first kappa shape index (κ1) is 21.8. The summed E-state index contributed by atoms with van der Waals surface area (Å²) in [5.74, 6) is 0.427. The highest BCUT2D eigenvalue weighted by Crippen LogP contribution is 2.39. The molecule has 2 N–H and O–H groups in total. The molecule has 1 aromatic carbocycles. The van der Waals surface area contributed by atoms with Gasteiger partial charge in [-0.05, 0) is 41.4 Å². The Morgan fingerprint density at radius 2 is 1.30 bits per heavy atom. The van der Waals surface area contributed by atoms with Crippen LogP contribution in [0.15, 0.2) is 17.2 Å². The number of benzene rings is 1. The summed E-state index contributed by atoms with van der Waals surface area (Å²) in [7, 11) is 0. The Hall–Kier alpha value is -1.51. The van der Waals surface area contributed by atoms with Crippen LogP contribution < -0.4 is 5.43 Å². The SMILES string of the molecule is CC(C)(C)c1cc(/C=N/NC2CCCCCCCC2)cc(C(C)(C)C)c1O. The van der Waals surface area contributed by atoms with Crippen molar-refractivity contribution in [3.05, 3.63) is 28.8 Å². The average Bonchev–Trinajstić information content (AvgIpc) is 2.68. The molecule has 1 aromatic rings. The Morgan fingerprint density at radius 1 is 0.852 bits per heavy atom. The number of hydrazone groups is 1. The Balaban J connectivity index is 2.20. The van der Waals surface area contributed by atoms with Gasteiger partial charge in [-0.25, -0.2) is 0 Å². The van der Waals surface area contributed by atoms with E-state index in [-0.39, 0.29) is 10.8 Å². The van der Waals surface area contributed by atoms with Crippen LogP contribution in [0.2, 0.25) is 0 Å². The zero-order valence-electron chi connectivity index (χ0n) is 18.4. The molecule has 27 heavy (non-hydrogen) atoms. The summed E-state index contributed by atoms with van der Waals surface area (Å²) in [6.45, 7) is 12.9. The molecule has 1 aliphatic carbocycles. The Kier molecular flexibility index (Phi) is 7.36. The zero-order valence-corrected chi connectivity index (χ0v) is 18.4.